The molecular formula is C14H25N5. The number of aromatic nitrogens is 2. The normalized spacial score (nSPS) is 19.5. The van der Waals surface area contributed by atoms with Gasteiger partial charge in [-0.15, -0.1) is 0 Å². The van der Waals surface area contributed by atoms with Crippen molar-refractivity contribution in [1.82, 2.24) is 14.9 Å². The van der Waals surface area contributed by atoms with E-state index in [0.29, 0.717) is 0 Å². The summed E-state index contributed by atoms with van der Waals surface area (Å²) in [6.45, 7) is 10.7. The smallest absolute Gasteiger partial charge is 0.149 e. The Morgan fingerprint density at radius 3 is 2.79 bits per heavy atom. The molecule has 106 valence electrons. The van der Waals surface area contributed by atoms with Gasteiger partial charge in [0.2, 0.25) is 0 Å². The summed E-state index contributed by atoms with van der Waals surface area (Å²) in [5.41, 5.74) is 0.173. The van der Waals surface area contributed by atoms with Crippen LogP contribution in [-0.4, -0.2) is 53.6 Å². The van der Waals surface area contributed by atoms with Crippen LogP contribution in [0, 0.1) is 0 Å². The lowest BCUT2D eigenvalue weighted by Crippen LogP contribution is -2.57. The Bertz CT molecular complexity index is 418. The van der Waals surface area contributed by atoms with E-state index in [0.717, 1.165) is 44.2 Å². The molecule has 0 atom stereocenters. The fourth-order valence-corrected chi connectivity index (χ4v) is 2.28. The van der Waals surface area contributed by atoms with Crippen LogP contribution in [0.3, 0.4) is 0 Å². The van der Waals surface area contributed by atoms with Gasteiger partial charge >= 0.3 is 0 Å². The maximum atomic E-state index is 4.66. The monoisotopic (exact) mass is 263 g/mol. The molecule has 2 rings (SSSR count). The second kappa shape index (κ2) is 5.74. The van der Waals surface area contributed by atoms with Gasteiger partial charge in [0.15, 0.2) is 0 Å². The molecule has 1 aromatic rings. The Labute approximate surface area is 116 Å². The van der Waals surface area contributed by atoms with Gasteiger partial charge in [-0.1, -0.05) is 6.92 Å². The third kappa shape index (κ3) is 3.35. The van der Waals surface area contributed by atoms with Crippen molar-refractivity contribution in [3.63, 3.8) is 0 Å². The minimum Gasteiger partial charge on any atom is -0.369 e. The van der Waals surface area contributed by atoms with Gasteiger partial charge in [0.05, 0.1) is 12.4 Å². The quantitative estimate of drug-likeness (QED) is 0.898. The summed E-state index contributed by atoms with van der Waals surface area (Å²) in [4.78, 5) is 13.7. The maximum Gasteiger partial charge on any atom is 0.149 e. The molecule has 1 saturated heterocycles. The molecule has 5 nitrogen and oxygen atoms in total. The van der Waals surface area contributed by atoms with E-state index in [2.05, 4.69) is 52.9 Å². The molecule has 0 radical (unpaired) electrons. The Balaban J connectivity index is 2.09. The predicted octanol–water partition coefficient (Wildman–Crippen LogP) is 1.83. The lowest BCUT2D eigenvalue weighted by molar-refractivity contribution is 0.138. The van der Waals surface area contributed by atoms with Crippen LogP contribution in [0.1, 0.15) is 27.2 Å². The minimum absolute atomic E-state index is 0.173. The minimum atomic E-state index is 0.173. The van der Waals surface area contributed by atoms with E-state index >= 15 is 0 Å². The third-order valence-corrected chi connectivity index (χ3v) is 3.82. The number of rotatable bonds is 4. The standard InChI is InChI=1S/C14H25N5/c1-5-6-16-12-9-15-10-13(17-12)19-8-7-18(4)14(2,3)11-19/h9-10H,5-8,11H2,1-4H3,(H,16,17). The highest BCUT2D eigenvalue weighted by Crippen LogP contribution is 2.23. The number of nitrogens with zero attached hydrogens (tertiary/aromatic N) is 4. The first-order valence-corrected chi connectivity index (χ1v) is 7.05. The average Bonchev–Trinajstić information content (AvgIpc) is 2.40. The topological polar surface area (TPSA) is 44.3 Å². The molecule has 1 aliphatic heterocycles. The average molecular weight is 263 g/mol. The number of hydrogen-bond donors (Lipinski definition) is 1. The van der Waals surface area contributed by atoms with Crippen molar-refractivity contribution < 1.29 is 0 Å². The van der Waals surface area contributed by atoms with Crippen LogP contribution in [0.25, 0.3) is 0 Å². The first kappa shape index (κ1) is 14.1. The van der Waals surface area contributed by atoms with Crippen LogP contribution < -0.4 is 10.2 Å². The molecule has 1 N–H and O–H groups in total. The summed E-state index contributed by atoms with van der Waals surface area (Å²) in [6.07, 6.45) is 4.74. The van der Waals surface area contributed by atoms with Crippen molar-refractivity contribution >= 4 is 11.6 Å². The molecular weight excluding hydrogens is 238 g/mol. The second-order valence-corrected chi connectivity index (χ2v) is 5.84. The van der Waals surface area contributed by atoms with Gasteiger partial charge in [-0.25, -0.2) is 4.98 Å². The van der Waals surface area contributed by atoms with E-state index in [4.69, 9.17) is 0 Å². The number of anilines is 2. The number of nitrogens with one attached hydrogen (secondary N) is 1. The van der Waals surface area contributed by atoms with Gasteiger partial charge in [-0.05, 0) is 27.3 Å². The van der Waals surface area contributed by atoms with E-state index < -0.39 is 0 Å². The van der Waals surface area contributed by atoms with Crippen LogP contribution in [0.5, 0.6) is 0 Å². The van der Waals surface area contributed by atoms with Gasteiger partial charge in [-0.3, -0.25) is 9.88 Å². The van der Waals surface area contributed by atoms with Crippen molar-refractivity contribution in [2.75, 3.05) is 43.4 Å². The zero-order valence-electron chi connectivity index (χ0n) is 12.5. The highest BCUT2D eigenvalue weighted by atomic mass is 15.3. The summed E-state index contributed by atoms with van der Waals surface area (Å²) in [7, 11) is 2.18. The van der Waals surface area contributed by atoms with E-state index in [9.17, 15) is 0 Å². The molecule has 0 unspecified atom stereocenters. The Kier molecular flexibility index (Phi) is 4.24. The van der Waals surface area contributed by atoms with Crippen LogP contribution in [0.4, 0.5) is 11.6 Å². The van der Waals surface area contributed by atoms with Crippen molar-refractivity contribution in [2.45, 2.75) is 32.7 Å². The molecule has 0 aliphatic carbocycles. The number of hydrogen-bond acceptors (Lipinski definition) is 5. The number of likely N-dealkylation sites (N-methyl/N-ethyl adjacent to an activating group) is 1. The van der Waals surface area contributed by atoms with Gasteiger partial charge < -0.3 is 10.2 Å². The second-order valence-electron chi connectivity index (χ2n) is 5.84. The first-order chi connectivity index (χ1) is 9.03. The Hall–Kier alpha value is -1.36. The summed E-state index contributed by atoms with van der Waals surface area (Å²) < 4.78 is 0. The molecule has 0 aromatic carbocycles. The molecule has 0 saturated carbocycles. The molecule has 5 heteroatoms. The fourth-order valence-electron chi connectivity index (χ4n) is 2.28. The van der Waals surface area contributed by atoms with E-state index in [1.54, 1.807) is 6.20 Å². The largest absolute Gasteiger partial charge is 0.369 e. The van der Waals surface area contributed by atoms with Crippen LogP contribution >= 0.6 is 0 Å². The van der Waals surface area contributed by atoms with Crippen LogP contribution in [0.15, 0.2) is 12.4 Å². The maximum absolute atomic E-state index is 4.66. The molecule has 1 fully saturated rings. The SMILES string of the molecule is CCCNc1cncc(N2CCN(C)C(C)(C)C2)n1. The lowest BCUT2D eigenvalue weighted by Gasteiger charge is -2.45. The van der Waals surface area contributed by atoms with Crippen molar-refractivity contribution in [3.8, 4) is 0 Å². The molecule has 1 aromatic heterocycles. The van der Waals surface area contributed by atoms with Crippen LogP contribution in [-0.2, 0) is 0 Å². The highest BCUT2D eigenvalue weighted by molar-refractivity contribution is 5.44. The Morgan fingerprint density at radius 2 is 2.11 bits per heavy atom. The molecule has 2 heterocycles. The van der Waals surface area contributed by atoms with E-state index in [1.807, 2.05) is 6.20 Å². The van der Waals surface area contributed by atoms with Crippen molar-refractivity contribution in [2.24, 2.45) is 0 Å². The lowest BCUT2D eigenvalue weighted by atomic mass is 10.00. The highest BCUT2D eigenvalue weighted by Gasteiger charge is 2.31. The van der Waals surface area contributed by atoms with E-state index in [-0.39, 0.29) is 5.54 Å². The molecule has 0 spiro atoms. The molecule has 19 heavy (non-hydrogen) atoms. The summed E-state index contributed by atoms with van der Waals surface area (Å²) >= 11 is 0. The van der Waals surface area contributed by atoms with Crippen molar-refractivity contribution in [3.05, 3.63) is 12.4 Å². The zero-order valence-corrected chi connectivity index (χ0v) is 12.5. The first-order valence-electron chi connectivity index (χ1n) is 7.05. The molecule has 1 aliphatic rings. The molecule has 0 amide bonds. The fraction of sp³-hybridized carbons (Fsp3) is 0.714. The number of piperazine rings is 1. The van der Waals surface area contributed by atoms with Gasteiger partial charge in [0, 0.05) is 31.7 Å². The van der Waals surface area contributed by atoms with Gasteiger partial charge in [-0.2, -0.15) is 0 Å². The predicted molar refractivity (Wildman–Crippen MR) is 79.7 cm³/mol. The molecule has 0 bridgehead atoms. The van der Waals surface area contributed by atoms with Crippen molar-refractivity contribution in [1.29, 1.82) is 0 Å². The summed E-state index contributed by atoms with van der Waals surface area (Å²) in [5.74, 6) is 1.85. The zero-order chi connectivity index (χ0) is 13.9. The Morgan fingerprint density at radius 1 is 1.32 bits per heavy atom. The van der Waals surface area contributed by atoms with E-state index in [1.165, 1.54) is 0 Å². The van der Waals surface area contributed by atoms with Crippen LogP contribution in [0.2, 0.25) is 0 Å². The summed E-state index contributed by atoms with van der Waals surface area (Å²) in [5, 5.41) is 3.29. The summed E-state index contributed by atoms with van der Waals surface area (Å²) in [6, 6.07) is 0. The third-order valence-electron chi connectivity index (χ3n) is 3.82. The van der Waals surface area contributed by atoms with Gasteiger partial charge in [0.1, 0.15) is 11.6 Å². The van der Waals surface area contributed by atoms with Gasteiger partial charge in [0.25, 0.3) is 0 Å².